The Balaban J connectivity index is 2.41. The number of alkyl halides is 3. The number of aromatic nitrogens is 1. The van der Waals surface area contributed by atoms with E-state index in [1.165, 1.54) is 6.07 Å². The van der Waals surface area contributed by atoms with E-state index in [2.05, 4.69) is 4.98 Å². The van der Waals surface area contributed by atoms with Crippen LogP contribution in [0.25, 0.3) is 0 Å². The molecule has 0 fully saturated rings. The molecule has 0 amide bonds. The van der Waals surface area contributed by atoms with E-state index >= 15 is 0 Å². The molecule has 0 spiro atoms. The monoisotopic (exact) mass is 303 g/mol. The van der Waals surface area contributed by atoms with Crippen molar-refractivity contribution in [2.45, 2.75) is 19.5 Å². The second-order valence-electron chi connectivity index (χ2n) is 4.44. The fourth-order valence-electron chi connectivity index (χ4n) is 1.86. The molecule has 0 radical (unpaired) electrons. The maximum absolute atomic E-state index is 13.4. The summed E-state index contributed by atoms with van der Waals surface area (Å²) < 4.78 is 51.5. The van der Waals surface area contributed by atoms with Gasteiger partial charge in [-0.15, -0.1) is 0 Å². The normalized spacial score (nSPS) is 11.7. The Kier molecular flexibility index (Phi) is 3.99. The minimum absolute atomic E-state index is 0.157. The van der Waals surface area contributed by atoms with Crippen LogP contribution in [0.1, 0.15) is 22.4 Å². The first kappa shape index (κ1) is 14.8. The van der Waals surface area contributed by atoms with E-state index in [1.807, 2.05) is 6.92 Å². The fraction of sp³-hybridized carbons (Fsp3) is 0.214. The number of benzene rings is 1. The number of nitrogens with zero attached hydrogens (tertiary/aromatic N) is 1. The molecule has 0 saturated heterocycles. The predicted octanol–water partition coefficient (Wildman–Crippen LogP) is 4.79. The van der Waals surface area contributed by atoms with Crippen molar-refractivity contribution in [1.82, 2.24) is 4.98 Å². The zero-order valence-corrected chi connectivity index (χ0v) is 11.2. The lowest BCUT2D eigenvalue weighted by Gasteiger charge is -2.11. The minimum atomic E-state index is -4.77. The molecular weight excluding hydrogens is 294 g/mol. The summed E-state index contributed by atoms with van der Waals surface area (Å²) in [4.78, 5) is 4.06. The smallest absolute Gasteiger partial charge is 0.261 e. The zero-order valence-electron chi connectivity index (χ0n) is 10.4. The van der Waals surface area contributed by atoms with Gasteiger partial charge in [-0.2, -0.15) is 13.2 Å². The van der Waals surface area contributed by atoms with Crippen LogP contribution in [0.3, 0.4) is 0 Å². The molecule has 2 rings (SSSR count). The highest BCUT2D eigenvalue weighted by Gasteiger charge is 2.35. The lowest BCUT2D eigenvalue weighted by Crippen LogP contribution is -2.09. The summed E-state index contributed by atoms with van der Waals surface area (Å²) in [5.41, 5.74) is 0.453. The summed E-state index contributed by atoms with van der Waals surface area (Å²) >= 11 is 5.53. The van der Waals surface area contributed by atoms with Gasteiger partial charge in [0.1, 0.15) is 0 Å². The van der Waals surface area contributed by atoms with Gasteiger partial charge in [0.05, 0.1) is 10.6 Å². The maximum Gasteiger partial charge on any atom is 0.419 e. The molecule has 106 valence electrons. The lowest BCUT2D eigenvalue weighted by atomic mass is 10.0. The highest BCUT2D eigenvalue weighted by atomic mass is 35.5. The molecule has 0 bridgehead atoms. The van der Waals surface area contributed by atoms with E-state index in [4.69, 9.17) is 11.6 Å². The number of aryl methyl sites for hydroxylation is 1. The van der Waals surface area contributed by atoms with Crippen LogP contribution in [0, 0.1) is 12.7 Å². The molecule has 0 unspecified atom stereocenters. The van der Waals surface area contributed by atoms with Crippen LogP contribution in [0.4, 0.5) is 17.6 Å². The van der Waals surface area contributed by atoms with Crippen LogP contribution in [-0.4, -0.2) is 4.98 Å². The van der Waals surface area contributed by atoms with Gasteiger partial charge in [-0.05, 0) is 42.3 Å². The molecule has 1 aromatic carbocycles. The van der Waals surface area contributed by atoms with Crippen LogP contribution < -0.4 is 0 Å². The molecule has 0 saturated carbocycles. The Bertz CT molecular complexity index is 638. The zero-order chi connectivity index (χ0) is 14.9. The SMILES string of the molecule is Cc1ccnc(Cc2cc(Cl)c(F)c(C(F)(F)F)c2)c1. The van der Waals surface area contributed by atoms with Gasteiger partial charge in [0.2, 0.25) is 0 Å². The summed E-state index contributed by atoms with van der Waals surface area (Å²) in [6, 6.07) is 5.49. The summed E-state index contributed by atoms with van der Waals surface area (Å²) in [6.07, 6.45) is -3.05. The van der Waals surface area contributed by atoms with E-state index < -0.39 is 22.6 Å². The van der Waals surface area contributed by atoms with Crippen LogP contribution in [0.2, 0.25) is 5.02 Å². The van der Waals surface area contributed by atoms with Gasteiger partial charge in [0, 0.05) is 18.3 Å². The number of hydrogen-bond donors (Lipinski definition) is 0. The third kappa shape index (κ3) is 3.28. The molecule has 20 heavy (non-hydrogen) atoms. The van der Waals surface area contributed by atoms with Gasteiger partial charge in [-0.3, -0.25) is 4.98 Å². The van der Waals surface area contributed by atoms with Gasteiger partial charge < -0.3 is 0 Å². The predicted molar refractivity (Wildman–Crippen MR) is 68.2 cm³/mol. The summed E-state index contributed by atoms with van der Waals surface area (Å²) in [6.45, 7) is 1.85. The molecule has 6 heteroatoms. The minimum Gasteiger partial charge on any atom is -0.261 e. The van der Waals surface area contributed by atoms with Gasteiger partial charge in [0.25, 0.3) is 0 Å². The molecule has 2 aromatic rings. The molecular formula is C14H10ClF4N. The average molecular weight is 304 g/mol. The molecule has 1 nitrogen and oxygen atoms in total. The average Bonchev–Trinajstić information content (AvgIpc) is 2.32. The molecule has 0 atom stereocenters. The molecule has 0 aliphatic heterocycles. The summed E-state index contributed by atoms with van der Waals surface area (Å²) in [7, 11) is 0. The summed E-state index contributed by atoms with van der Waals surface area (Å²) in [5.74, 6) is -1.44. The molecule has 0 aliphatic carbocycles. The highest BCUT2D eigenvalue weighted by Crippen LogP contribution is 2.35. The van der Waals surface area contributed by atoms with Crippen molar-refractivity contribution >= 4 is 11.6 Å². The Morgan fingerprint density at radius 3 is 2.50 bits per heavy atom. The Morgan fingerprint density at radius 1 is 1.20 bits per heavy atom. The molecule has 0 N–H and O–H groups in total. The van der Waals surface area contributed by atoms with Crippen LogP contribution in [0.15, 0.2) is 30.5 Å². The van der Waals surface area contributed by atoms with E-state index in [-0.39, 0.29) is 12.0 Å². The number of halogens is 5. The third-order valence-electron chi connectivity index (χ3n) is 2.75. The van der Waals surface area contributed by atoms with Crippen molar-refractivity contribution in [3.05, 3.63) is 63.7 Å². The largest absolute Gasteiger partial charge is 0.419 e. The van der Waals surface area contributed by atoms with E-state index in [0.717, 1.165) is 11.6 Å². The fourth-order valence-corrected chi connectivity index (χ4v) is 2.10. The lowest BCUT2D eigenvalue weighted by molar-refractivity contribution is -0.140. The van der Waals surface area contributed by atoms with Gasteiger partial charge in [0.15, 0.2) is 5.82 Å². The van der Waals surface area contributed by atoms with Crippen LogP contribution >= 0.6 is 11.6 Å². The molecule has 0 aliphatic rings. The maximum atomic E-state index is 13.4. The first-order valence-electron chi connectivity index (χ1n) is 5.74. The van der Waals surface area contributed by atoms with Crippen molar-refractivity contribution < 1.29 is 17.6 Å². The standard InChI is InChI=1S/C14H10ClF4N/c1-8-2-3-20-10(4-8)5-9-6-11(14(17,18)19)13(16)12(15)7-9/h2-4,6-7H,5H2,1H3. The highest BCUT2D eigenvalue weighted by molar-refractivity contribution is 6.30. The third-order valence-corrected chi connectivity index (χ3v) is 3.03. The first-order valence-corrected chi connectivity index (χ1v) is 6.12. The quantitative estimate of drug-likeness (QED) is 0.727. The second kappa shape index (κ2) is 5.40. The number of hydrogen-bond acceptors (Lipinski definition) is 1. The van der Waals surface area contributed by atoms with Crippen molar-refractivity contribution in [2.24, 2.45) is 0 Å². The van der Waals surface area contributed by atoms with E-state index in [0.29, 0.717) is 5.69 Å². The molecule has 1 aromatic heterocycles. The van der Waals surface area contributed by atoms with Gasteiger partial charge >= 0.3 is 6.18 Å². The molecule has 1 heterocycles. The Morgan fingerprint density at radius 2 is 1.90 bits per heavy atom. The Labute approximate surface area is 118 Å². The topological polar surface area (TPSA) is 12.9 Å². The van der Waals surface area contributed by atoms with Crippen molar-refractivity contribution in [1.29, 1.82) is 0 Å². The van der Waals surface area contributed by atoms with Crippen molar-refractivity contribution in [3.8, 4) is 0 Å². The van der Waals surface area contributed by atoms with Crippen LogP contribution in [-0.2, 0) is 12.6 Å². The van der Waals surface area contributed by atoms with Crippen LogP contribution in [0.5, 0.6) is 0 Å². The van der Waals surface area contributed by atoms with E-state index in [1.54, 1.807) is 18.3 Å². The van der Waals surface area contributed by atoms with Crippen molar-refractivity contribution in [2.75, 3.05) is 0 Å². The first-order chi connectivity index (χ1) is 9.27. The Hall–Kier alpha value is -1.62. The number of rotatable bonds is 2. The number of pyridine rings is 1. The van der Waals surface area contributed by atoms with Crippen molar-refractivity contribution in [3.63, 3.8) is 0 Å². The second-order valence-corrected chi connectivity index (χ2v) is 4.85. The van der Waals surface area contributed by atoms with E-state index in [9.17, 15) is 17.6 Å². The van der Waals surface area contributed by atoms with Gasteiger partial charge in [-0.1, -0.05) is 11.6 Å². The summed E-state index contributed by atoms with van der Waals surface area (Å²) in [5, 5.41) is -0.539. The van der Waals surface area contributed by atoms with Gasteiger partial charge in [-0.25, -0.2) is 4.39 Å².